The highest BCUT2D eigenvalue weighted by molar-refractivity contribution is 7.71. The molecule has 1 aliphatic heterocycles. The molecule has 1 saturated heterocycles. The number of rotatable bonds is 7. The quantitative estimate of drug-likeness (QED) is 0.550. The molecule has 29 heavy (non-hydrogen) atoms. The molecule has 0 N–H and O–H groups in total. The maximum absolute atomic E-state index is 5.72. The summed E-state index contributed by atoms with van der Waals surface area (Å²) in [5.41, 5.74) is 1.27. The maximum atomic E-state index is 5.72. The van der Waals surface area contributed by atoms with Crippen LogP contribution in [0.3, 0.4) is 0 Å². The first-order valence-corrected chi connectivity index (χ1v) is 9.98. The minimum atomic E-state index is 0.227. The van der Waals surface area contributed by atoms with Crippen molar-refractivity contribution in [2.24, 2.45) is 0 Å². The number of benzene rings is 2. The molecule has 0 amide bonds. The monoisotopic (exact) mass is 412 g/mol. The molecule has 8 heteroatoms. The molecule has 0 unspecified atom stereocenters. The number of hydrogen-bond acceptors (Lipinski definition) is 7. The van der Waals surface area contributed by atoms with Crippen LogP contribution in [-0.4, -0.2) is 48.0 Å². The zero-order valence-corrected chi connectivity index (χ0v) is 17.2. The molecule has 2 heterocycles. The van der Waals surface area contributed by atoms with Crippen molar-refractivity contribution in [3.8, 4) is 11.5 Å². The highest BCUT2D eigenvalue weighted by Gasteiger charge is 2.18. The van der Waals surface area contributed by atoms with E-state index >= 15 is 0 Å². The molecule has 0 radical (unpaired) electrons. The Hall–Kier alpha value is -2.84. The SMILES string of the molecule is COc1ccc(OCc2nn(CN3CCN(c4ccccc4)CC3)c(=S)o2)cc1. The van der Waals surface area contributed by atoms with E-state index in [4.69, 9.17) is 26.1 Å². The van der Waals surface area contributed by atoms with Crippen LogP contribution >= 0.6 is 12.2 Å². The van der Waals surface area contributed by atoms with E-state index < -0.39 is 0 Å². The summed E-state index contributed by atoms with van der Waals surface area (Å²) in [4.78, 5) is 5.09. The maximum Gasteiger partial charge on any atom is 0.288 e. The Labute approximate surface area is 175 Å². The standard InChI is InChI=1S/C21H24N4O3S/c1-26-18-7-9-19(10-8-18)27-15-20-22-25(21(29)28-20)16-23-11-13-24(14-12-23)17-5-3-2-4-6-17/h2-10H,11-16H2,1H3. The Morgan fingerprint density at radius 3 is 2.34 bits per heavy atom. The van der Waals surface area contributed by atoms with E-state index in [1.807, 2.05) is 30.3 Å². The minimum Gasteiger partial charge on any atom is -0.497 e. The minimum absolute atomic E-state index is 0.227. The van der Waals surface area contributed by atoms with E-state index in [2.05, 4.69) is 39.2 Å². The predicted molar refractivity (Wildman–Crippen MR) is 113 cm³/mol. The molecule has 0 bridgehead atoms. The number of anilines is 1. The molecule has 152 valence electrons. The largest absolute Gasteiger partial charge is 0.497 e. The van der Waals surface area contributed by atoms with Gasteiger partial charge in [0.15, 0.2) is 6.61 Å². The molecule has 1 aliphatic rings. The number of hydrogen-bond donors (Lipinski definition) is 0. The lowest BCUT2D eigenvalue weighted by atomic mass is 10.2. The van der Waals surface area contributed by atoms with E-state index in [1.54, 1.807) is 11.8 Å². The van der Waals surface area contributed by atoms with E-state index in [-0.39, 0.29) is 6.61 Å². The van der Waals surface area contributed by atoms with Crippen LogP contribution < -0.4 is 14.4 Å². The van der Waals surface area contributed by atoms with Gasteiger partial charge >= 0.3 is 0 Å². The molecule has 7 nitrogen and oxygen atoms in total. The summed E-state index contributed by atoms with van der Waals surface area (Å²) in [5, 5.41) is 4.47. The van der Waals surface area contributed by atoms with Crippen LogP contribution in [0.2, 0.25) is 0 Å². The first kappa shape index (κ1) is 19.5. The van der Waals surface area contributed by atoms with Gasteiger partial charge in [-0.2, -0.15) is 0 Å². The lowest BCUT2D eigenvalue weighted by Crippen LogP contribution is -2.46. The topological polar surface area (TPSA) is 55.9 Å². The van der Waals surface area contributed by atoms with E-state index in [9.17, 15) is 0 Å². The number of ether oxygens (including phenoxy) is 2. The van der Waals surface area contributed by atoms with E-state index in [1.165, 1.54) is 5.69 Å². The van der Waals surface area contributed by atoms with Gasteiger partial charge < -0.3 is 18.8 Å². The Kier molecular flexibility index (Phi) is 6.12. The third-order valence-electron chi connectivity index (χ3n) is 4.90. The summed E-state index contributed by atoms with van der Waals surface area (Å²) >= 11 is 5.33. The summed E-state index contributed by atoms with van der Waals surface area (Å²) < 4.78 is 18.2. The summed E-state index contributed by atoms with van der Waals surface area (Å²) in [6.45, 7) is 4.69. The predicted octanol–water partition coefficient (Wildman–Crippen LogP) is 3.57. The lowest BCUT2D eigenvalue weighted by Gasteiger charge is -2.35. The first-order chi connectivity index (χ1) is 14.2. The van der Waals surface area contributed by atoms with Crippen molar-refractivity contribution >= 4 is 17.9 Å². The Morgan fingerprint density at radius 1 is 0.966 bits per heavy atom. The number of para-hydroxylation sites is 1. The Bertz CT molecular complexity index is 964. The second-order valence-corrected chi connectivity index (χ2v) is 7.16. The van der Waals surface area contributed by atoms with Gasteiger partial charge in [-0.05, 0) is 48.6 Å². The van der Waals surface area contributed by atoms with Crippen LogP contribution in [-0.2, 0) is 13.3 Å². The van der Waals surface area contributed by atoms with E-state index in [0.717, 1.165) is 37.7 Å². The van der Waals surface area contributed by atoms with Gasteiger partial charge in [0.2, 0.25) is 0 Å². The summed E-state index contributed by atoms with van der Waals surface area (Å²) in [7, 11) is 1.63. The first-order valence-electron chi connectivity index (χ1n) is 9.57. The van der Waals surface area contributed by atoms with E-state index in [0.29, 0.717) is 17.4 Å². The number of aromatic nitrogens is 2. The van der Waals surface area contributed by atoms with Crippen LogP contribution in [0.15, 0.2) is 59.0 Å². The Morgan fingerprint density at radius 2 is 1.66 bits per heavy atom. The van der Waals surface area contributed by atoms with Crippen molar-refractivity contribution in [2.45, 2.75) is 13.3 Å². The molecular formula is C21H24N4O3S. The van der Waals surface area contributed by atoms with Gasteiger partial charge in [0.1, 0.15) is 11.5 Å². The zero-order valence-electron chi connectivity index (χ0n) is 16.4. The number of piperazine rings is 1. The number of methoxy groups -OCH3 is 1. The summed E-state index contributed by atoms with van der Waals surface area (Å²) in [6.07, 6.45) is 0. The van der Waals surface area contributed by atoms with Gasteiger partial charge in [-0.1, -0.05) is 18.2 Å². The van der Waals surface area contributed by atoms with Gasteiger partial charge in [-0.25, -0.2) is 4.68 Å². The van der Waals surface area contributed by atoms with Gasteiger partial charge in [0.05, 0.1) is 13.8 Å². The molecule has 2 aromatic carbocycles. The van der Waals surface area contributed by atoms with Crippen molar-refractivity contribution in [3.05, 3.63) is 65.3 Å². The lowest BCUT2D eigenvalue weighted by molar-refractivity contribution is 0.192. The molecule has 3 aromatic rings. The van der Waals surface area contributed by atoms with Crippen molar-refractivity contribution in [1.29, 1.82) is 0 Å². The molecule has 0 atom stereocenters. The molecule has 1 fully saturated rings. The fraction of sp³-hybridized carbons (Fsp3) is 0.333. The van der Waals surface area contributed by atoms with Crippen molar-refractivity contribution in [2.75, 3.05) is 38.2 Å². The van der Waals surface area contributed by atoms with Crippen molar-refractivity contribution in [3.63, 3.8) is 0 Å². The highest BCUT2D eigenvalue weighted by Crippen LogP contribution is 2.18. The van der Waals surface area contributed by atoms with Crippen molar-refractivity contribution in [1.82, 2.24) is 14.7 Å². The zero-order chi connectivity index (χ0) is 20.1. The average Bonchev–Trinajstić information content (AvgIpc) is 3.13. The third kappa shape index (κ3) is 4.96. The number of nitrogens with zero attached hydrogens (tertiary/aromatic N) is 4. The Balaban J connectivity index is 1.30. The average molecular weight is 413 g/mol. The normalized spacial score (nSPS) is 14.7. The second-order valence-electron chi connectivity index (χ2n) is 6.81. The molecule has 0 spiro atoms. The summed E-state index contributed by atoms with van der Waals surface area (Å²) in [5.74, 6) is 1.97. The summed E-state index contributed by atoms with van der Waals surface area (Å²) in [6, 6.07) is 17.9. The van der Waals surface area contributed by atoms with Crippen molar-refractivity contribution < 1.29 is 13.9 Å². The molecule has 1 aromatic heterocycles. The third-order valence-corrected chi connectivity index (χ3v) is 5.19. The van der Waals surface area contributed by atoms with Gasteiger partial charge in [-0.3, -0.25) is 4.90 Å². The van der Waals surface area contributed by atoms with Crippen LogP contribution in [0.1, 0.15) is 5.89 Å². The second kappa shape index (κ2) is 9.11. The van der Waals surface area contributed by atoms with Crippen LogP contribution in [0.5, 0.6) is 11.5 Å². The molecular weight excluding hydrogens is 388 g/mol. The van der Waals surface area contributed by atoms with Gasteiger partial charge in [0.25, 0.3) is 10.7 Å². The van der Waals surface area contributed by atoms with Gasteiger partial charge in [0, 0.05) is 31.9 Å². The molecule has 4 rings (SSSR count). The fourth-order valence-electron chi connectivity index (χ4n) is 3.29. The molecule has 0 saturated carbocycles. The van der Waals surface area contributed by atoms with Crippen LogP contribution in [0, 0.1) is 4.84 Å². The molecule has 0 aliphatic carbocycles. The smallest absolute Gasteiger partial charge is 0.288 e. The van der Waals surface area contributed by atoms with Gasteiger partial charge in [-0.15, -0.1) is 5.10 Å². The van der Waals surface area contributed by atoms with Crippen LogP contribution in [0.4, 0.5) is 5.69 Å². The fourth-order valence-corrected chi connectivity index (χ4v) is 3.48. The highest BCUT2D eigenvalue weighted by atomic mass is 32.1. The van der Waals surface area contributed by atoms with Crippen LogP contribution in [0.25, 0.3) is 0 Å².